The summed E-state index contributed by atoms with van der Waals surface area (Å²) >= 11 is 6.04. The van der Waals surface area contributed by atoms with Crippen molar-refractivity contribution in [3.63, 3.8) is 0 Å². The van der Waals surface area contributed by atoms with E-state index in [1.807, 2.05) is 19.1 Å². The smallest absolute Gasteiger partial charge is 0.231 e. The molecule has 1 aromatic carbocycles. The van der Waals surface area contributed by atoms with Crippen molar-refractivity contribution < 1.29 is 14.3 Å². The zero-order valence-electron chi connectivity index (χ0n) is 8.33. The highest BCUT2D eigenvalue weighted by Gasteiger charge is 2.20. The molecular weight excluding hydrogens is 218 g/mol. The zero-order valence-corrected chi connectivity index (χ0v) is 9.08. The minimum atomic E-state index is 0.169. The van der Waals surface area contributed by atoms with Gasteiger partial charge in [0.15, 0.2) is 11.5 Å². The molecule has 0 fully saturated rings. The topological polar surface area (TPSA) is 53.7 Å². The standard InChI is InChI=1S/C10H12ClNO3/c1-6(4-15-12)7-2-8(11)10-9(3-7)13-5-14-10/h2-3,6H,4-5,12H2,1H3. The lowest BCUT2D eigenvalue weighted by atomic mass is 10.0. The number of rotatable bonds is 3. The third kappa shape index (κ3) is 2.02. The van der Waals surface area contributed by atoms with Gasteiger partial charge < -0.3 is 14.3 Å². The fraction of sp³-hybridized carbons (Fsp3) is 0.400. The summed E-state index contributed by atoms with van der Waals surface area (Å²) in [6, 6.07) is 3.75. The molecule has 2 rings (SSSR count). The Morgan fingerprint density at radius 3 is 3.07 bits per heavy atom. The quantitative estimate of drug-likeness (QED) is 0.807. The van der Waals surface area contributed by atoms with Gasteiger partial charge in [-0.1, -0.05) is 18.5 Å². The van der Waals surface area contributed by atoms with Crippen LogP contribution in [0.25, 0.3) is 0 Å². The van der Waals surface area contributed by atoms with Crippen molar-refractivity contribution in [2.75, 3.05) is 13.4 Å². The summed E-state index contributed by atoms with van der Waals surface area (Å²) in [6.45, 7) is 2.66. The zero-order chi connectivity index (χ0) is 10.8. The Labute approximate surface area is 92.8 Å². The molecule has 0 aliphatic carbocycles. The van der Waals surface area contributed by atoms with Gasteiger partial charge in [-0.2, -0.15) is 0 Å². The van der Waals surface area contributed by atoms with E-state index in [-0.39, 0.29) is 12.7 Å². The summed E-state index contributed by atoms with van der Waals surface area (Å²) in [5.41, 5.74) is 1.02. The number of nitrogens with two attached hydrogens (primary N) is 1. The number of halogens is 1. The highest BCUT2D eigenvalue weighted by Crippen LogP contribution is 2.41. The third-order valence-corrected chi connectivity index (χ3v) is 2.65. The van der Waals surface area contributed by atoms with Crippen LogP contribution in [0.15, 0.2) is 12.1 Å². The van der Waals surface area contributed by atoms with Gasteiger partial charge in [-0.15, -0.1) is 0 Å². The number of ether oxygens (including phenoxy) is 2. The Balaban J connectivity index is 2.30. The molecule has 1 unspecified atom stereocenters. The van der Waals surface area contributed by atoms with Crippen LogP contribution in [-0.2, 0) is 4.84 Å². The first-order valence-electron chi connectivity index (χ1n) is 4.63. The molecule has 1 atom stereocenters. The second-order valence-electron chi connectivity index (χ2n) is 3.47. The highest BCUT2D eigenvalue weighted by molar-refractivity contribution is 6.32. The van der Waals surface area contributed by atoms with E-state index in [0.717, 1.165) is 5.56 Å². The summed E-state index contributed by atoms with van der Waals surface area (Å²) < 4.78 is 10.5. The van der Waals surface area contributed by atoms with Gasteiger partial charge in [0.2, 0.25) is 6.79 Å². The van der Waals surface area contributed by atoms with E-state index in [1.54, 1.807) is 0 Å². The van der Waals surface area contributed by atoms with Gasteiger partial charge >= 0.3 is 0 Å². The molecule has 0 saturated carbocycles. The lowest BCUT2D eigenvalue weighted by Crippen LogP contribution is -2.08. The van der Waals surface area contributed by atoms with Crippen LogP contribution in [0.5, 0.6) is 11.5 Å². The molecule has 5 heteroatoms. The van der Waals surface area contributed by atoms with Crippen molar-refractivity contribution in [3.8, 4) is 11.5 Å². The molecule has 0 spiro atoms. The summed E-state index contributed by atoms with van der Waals surface area (Å²) in [7, 11) is 0. The number of hydrogen-bond acceptors (Lipinski definition) is 4. The van der Waals surface area contributed by atoms with E-state index in [2.05, 4.69) is 4.84 Å². The Hall–Kier alpha value is -0.970. The normalized spacial score (nSPS) is 15.4. The van der Waals surface area contributed by atoms with Gasteiger partial charge in [0.25, 0.3) is 0 Å². The van der Waals surface area contributed by atoms with Crippen molar-refractivity contribution >= 4 is 11.6 Å². The van der Waals surface area contributed by atoms with Crippen LogP contribution in [0.2, 0.25) is 5.02 Å². The van der Waals surface area contributed by atoms with E-state index in [9.17, 15) is 0 Å². The molecule has 1 aromatic rings. The Morgan fingerprint density at radius 1 is 1.53 bits per heavy atom. The Bertz CT molecular complexity index is 370. The third-order valence-electron chi connectivity index (χ3n) is 2.36. The molecule has 0 radical (unpaired) electrons. The lowest BCUT2D eigenvalue weighted by molar-refractivity contribution is 0.126. The van der Waals surface area contributed by atoms with Crippen LogP contribution in [0, 0.1) is 0 Å². The molecule has 1 aliphatic heterocycles. The first-order chi connectivity index (χ1) is 7.22. The average Bonchev–Trinajstić information content (AvgIpc) is 2.66. The molecule has 4 nitrogen and oxygen atoms in total. The maximum Gasteiger partial charge on any atom is 0.231 e. The Kier molecular flexibility index (Phi) is 3.00. The second-order valence-corrected chi connectivity index (χ2v) is 3.88. The van der Waals surface area contributed by atoms with Gasteiger partial charge in [0.1, 0.15) is 0 Å². The predicted molar refractivity (Wildman–Crippen MR) is 56.1 cm³/mol. The maximum atomic E-state index is 6.04. The predicted octanol–water partition coefficient (Wildman–Crippen LogP) is 2.06. The van der Waals surface area contributed by atoms with Crippen LogP contribution in [0.4, 0.5) is 0 Å². The highest BCUT2D eigenvalue weighted by atomic mass is 35.5. The van der Waals surface area contributed by atoms with Gasteiger partial charge in [-0.05, 0) is 17.7 Å². The van der Waals surface area contributed by atoms with E-state index >= 15 is 0 Å². The first-order valence-corrected chi connectivity index (χ1v) is 5.01. The Morgan fingerprint density at radius 2 is 2.33 bits per heavy atom. The summed E-state index contributed by atoms with van der Waals surface area (Å²) in [6.07, 6.45) is 0. The number of fused-ring (bicyclic) bond motifs is 1. The summed E-state index contributed by atoms with van der Waals surface area (Å²) in [5.74, 6) is 6.49. The van der Waals surface area contributed by atoms with Crippen LogP contribution in [-0.4, -0.2) is 13.4 Å². The van der Waals surface area contributed by atoms with E-state index < -0.39 is 0 Å². The molecule has 15 heavy (non-hydrogen) atoms. The fourth-order valence-corrected chi connectivity index (χ4v) is 1.79. The molecule has 1 aliphatic rings. The maximum absolute atomic E-state index is 6.04. The number of hydrogen-bond donors (Lipinski definition) is 1. The molecule has 0 saturated heterocycles. The minimum Gasteiger partial charge on any atom is -0.454 e. The van der Waals surface area contributed by atoms with Gasteiger partial charge in [0, 0.05) is 5.92 Å². The van der Waals surface area contributed by atoms with Crippen LogP contribution >= 0.6 is 11.6 Å². The van der Waals surface area contributed by atoms with Crippen molar-refractivity contribution in [3.05, 3.63) is 22.7 Å². The molecule has 0 bridgehead atoms. The van der Waals surface area contributed by atoms with Crippen molar-refractivity contribution in [1.29, 1.82) is 0 Å². The van der Waals surface area contributed by atoms with Crippen LogP contribution < -0.4 is 15.4 Å². The van der Waals surface area contributed by atoms with Crippen molar-refractivity contribution in [1.82, 2.24) is 0 Å². The van der Waals surface area contributed by atoms with Crippen molar-refractivity contribution in [2.24, 2.45) is 5.90 Å². The van der Waals surface area contributed by atoms with Gasteiger partial charge in [-0.25, -0.2) is 5.90 Å². The SMILES string of the molecule is CC(CON)c1cc(Cl)c2c(c1)OCO2. The van der Waals surface area contributed by atoms with Gasteiger partial charge in [-0.3, -0.25) is 0 Å². The molecular formula is C10H12ClNO3. The molecule has 2 N–H and O–H groups in total. The lowest BCUT2D eigenvalue weighted by Gasteiger charge is -2.11. The van der Waals surface area contributed by atoms with E-state index in [4.69, 9.17) is 27.0 Å². The molecule has 0 amide bonds. The van der Waals surface area contributed by atoms with Gasteiger partial charge in [0.05, 0.1) is 11.6 Å². The summed E-state index contributed by atoms with van der Waals surface area (Å²) in [5, 5.41) is 0.559. The first kappa shape index (κ1) is 10.5. The summed E-state index contributed by atoms with van der Waals surface area (Å²) in [4.78, 5) is 4.60. The average molecular weight is 230 g/mol. The molecule has 82 valence electrons. The minimum absolute atomic E-state index is 0.169. The largest absolute Gasteiger partial charge is 0.454 e. The van der Waals surface area contributed by atoms with Crippen molar-refractivity contribution in [2.45, 2.75) is 12.8 Å². The molecule has 0 aromatic heterocycles. The monoisotopic (exact) mass is 229 g/mol. The number of benzene rings is 1. The van der Waals surface area contributed by atoms with E-state index in [1.165, 1.54) is 0 Å². The van der Waals surface area contributed by atoms with Crippen LogP contribution in [0.1, 0.15) is 18.4 Å². The fourth-order valence-electron chi connectivity index (χ4n) is 1.51. The van der Waals surface area contributed by atoms with E-state index in [0.29, 0.717) is 23.1 Å². The van der Waals surface area contributed by atoms with Crippen LogP contribution in [0.3, 0.4) is 0 Å². The molecule has 1 heterocycles. The second kappa shape index (κ2) is 4.26.